The maximum Gasteiger partial charge on any atom is 0.254 e. The second-order valence-electron chi connectivity index (χ2n) is 7.23. The first kappa shape index (κ1) is 18.0. The average molecular weight is 338 g/mol. The molecule has 1 aliphatic rings. The normalized spacial score (nSPS) is 17.9. The van der Waals surface area contributed by atoms with Gasteiger partial charge in [0.2, 0.25) is 5.91 Å². The Morgan fingerprint density at radius 2 is 2.17 bits per heavy atom. The van der Waals surface area contributed by atoms with E-state index in [9.17, 15) is 9.59 Å². The van der Waals surface area contributed by atoms with Gasteiger partial charge in [-0.05, 0) is 14.1 Å². The zero-order valence-electron chi connectivity index (χ0n) is 14.5. The predicted octanol–water partition coefficient (Wildman–Crippen LogP) is 0.941. The molecule has 1 aliphatic heterocycles. The highest BCUT2D eigenvalue weighted by Crippen LogP contribution is 2.27. The first-order valence-electron chi connectivity index (χ1n) is 7.86. The van der Waals surface area contributed by atoms with Crippen LogP contribution in [0, 0.1) is 5.92 Å². The van der Waals surface area contributed by atoms with E-state index in [1.165, 1.54) is 11.8 Å². The zero-order valence-corrected chi connectivity index (χ0v) is 15.4. The number of aromatic nitrogens is 2. The molecule has 128 valence electrons. The standard InChI is InChI=1S/C16H26N4O2S/c1-16(2,3)12-8-13(21)20-9-11(10-23-15(20)18-12)14(22)17-6-7-19(4)5/h8,11H,6-7,9-10H2,1-5H3,(H,17,22). The van der Waals surface area contributed by atoms with Gasteiger partial charge in [0.1, 0.15) is 0 Å². The van der Waals surface area contributed by atoms with Crippen LogP contribution in [0.1, 0.15) is 26.5 Å². The van der Waals surface area contributed by atoms with E-state index in [1.807, 2.05) is 39.8 Å². The summed E-state index contributed by atoms with van der Waals surface area (Å²) in [6.07, 6.45) is 0. The molecule has 0 bridgehead atoms. The van der Waals surface area contributed by atoms with Gasteiger partial charge in [0.15, 0.2) is 5.16 Å². The van der Waals surface area contributed by atoms with Crippen LogP contribution in [-0.2, 0) is 16.8 Å². The molecule has 0 aromatic carbocycles. The van der Waals surface area contributed by atoms with Gasteiger partial charge in [0.25, 0.3) is 5.56 Å². The van der Waals surface area contributed by atoms with Crippen LogP contribution in [0.3, 0.4) is 0 Å². The lowest BCUT2D eigenvalue weighted by molar-refractivity contribution is -0.124. The van der Waals surface area contributed by atoms with Crippen LogP contribution in [0.2, 0.25) is 0 Å². The van der Waals surface area contributed by atoms with E-state index in [4.69, 9.17) is 0 Å². The van der Waals surface area contributed by atoms with E-state index in [2.05, 4.69) is 10.3 Å². The maximum atomic E-state index is 12.4. The number of nitrogens with one attached hydrogen (secondary N) is 1. The average Bonchev–Trinajstić information content (AvgIpc) is 2.45. The summed E-state index contributed by atoms with van der Waals surface area (Å²) in [5, 5.41) is 3.66. The van der Waals surface area contributed by atoms with Crippen LogP contribution >= 0.6 is 11.8 Å². The van der Waals surface area contributed by atoms with Crippen LogP contribution in [0.5, 0.6) is 0 Å². The Kier molecular flexibility index (Phi) is 5.52. The number of amides is 1. The van der Waals surface area contributed by atoms with Crippen molar-refractivity contribution in [3.8, 4) is 0 Å². The third-order valence-electron chi connectivity index (χ3n) is 3.79. The largest absolute Gasteiger partial charge is 0.354 e. The van der Waals surface area contributed by atoms with Gasteiger partial charge in [-0.1, -0.05) is 32.5 Å². The lowest BCUT2D eigenvalue weighted by Crippen LogP contribution is -2.42. The Morgan fingerprint density at radius 3 is 2.78 bits per heavy atom. The lowest BCUT2D eigenvalue weighted by Gasteiger charge is -2.26. The second-order valence-corrected chi connectivity index (χ2v) is 8.21. The molecule has 1 N–H and O–H groups in total. The highest BCUT2D eigenvalue weighted by atomic mass is 32.2. The van der Waals surface area contributed by atoms with E-state index in [0.717, 1.165) is 17.4 Å². The minimum absolute atomic E-state index is 0.0109. The molecule has 0 spiro atoms. The number of carbonyl (C=O) groups excluding carboxylic acids is 1. The highest BCUT2D eigenvalue weighted by Gasteiger charge is 2.28. The maximum absolute atomic E-state index is 12.4. The van der Waals surface area contributed by atoms with Crippen molar-refractivity contribution < 1.29 is 4.79 Å². The summed E-state index contributed by atoms with van der Waals surface area (Å²) in [6, 6.07) is 1.59. The van der Waals surface area contributed by atoms with E-state index in [-0.39, 0.29) is 22.8 Å². The van der Waals surface area contributed by atoms with Gasteiger partial charge in [-0.25, -0.2) is 4.98 Å². The molecule has 7 heteroatoms. The summed E-state index contributed by atoms with van der Waals surface area (Å²) in [6.45, 7) is 7.96. The number of hydrogen-bond acceptors (Lipinski definition) is 5. The van der Waals surface area contributed by atoms with E-state index in [1.54, 1.807) is 10.6 Å². The molecular weight excluding hydrogens is 312 g/mol. The molecule has 1 atom stereocenters. The summed E-state index contributed by atoms with van der Waals surface area (Å²) >= 11 is 1.49. The van der Waals surface area contributed by atoms with Crippen LogP contribution in [0.4, 0.5) is 0 Å². The fraction of sp³-hybridized carbons (Fsp3) is 0.688. The zero-order chi connectivity index (χ0) is 17.2. The van der Waals surface area contributed by atoms with Gasteiger partial charge in [0.05, 0.1) is 11.6 Å². The van der Waals surface area contributed by atoms with Gasteiger partial charge in [-0.15, -0.1) is 0 Å². The van der Waals surface area contributed by atoms with Crippen molar-refractivity contribution in [2.24, 2.45) is 5.92 Å². The smallest absolute Gasteiger partial charge is 0.254 e. The Labute approximate surface area is 141 Å². The topological polar surface area (TPSA) is 67.2 Å². The molecule has 0 saturated heterocycles. The third kappa shape index (κ3) is 4.57. The van der Waals surface area contributed by atoms with E-state index >= 15 is 0 Å². The van der Waals surface area contributed by atoms with Crippen molar-refractivity contribution in [3.05, 3.63) is 22.1 Å². The fourth-order valence-electron chi connectivity index (χ4n) is 2.30. The molecule has 0 aliphatic carbocycles. The van der Waals surface area contributed by atoms with E-state index in [0.29, 0.717) is 18.8 Å². The minimum Gasteiger partial charge on any atom is -0.354 e. The summed E-state index contributed by atoms with van der Waals surface area (Å²) in [7, 11) is 3.94. The number of thioether (sulfide) groups is 1. The van der Waals surface area contributed by atoms with Crippen molar-refractivity contribution in [2.75, 3.05) is 32.9 Å². The van der Waals surface area contributed by atoms with Gasteiger partial charge in [-0.3, -0.25) is 14.2 Å². The van der Waals surface area contributed by atoms with Gasteiger partial charge in [0, 0.05) is 36.9 Å². The Morgan fingerprint density at radius 1 is 1.48 bits per heavy atom. The third-order valence-corrected chi connectivity index (χ3v) is 4.93. The lowest BCUT2D eigenvalue weighted by atomic mass is 9.92. The number of nitrogens with zero attached hydrogens (tertiary/aromatic N) is 3. The summed E-state index contributed by atoms with van der Waals surface area (Å²) < 4.78 is 1.62. The van der Waals surface area contributed by atoms with Crippen molar-refractivity contribution in [1.29, 1.82) is 0 Å². The van der Waals surface area contributed by atoms with Crippen LogP contribution < -0.4 is 10.9 Å². The summed E-state index contributed by atoms with van der Waals surface area (Å²) in [5.74, 6) is 0.486. The molecule has 1 amide bonds. The Balaban J connectivity index is 2.09. The SMILES string of the molecule is CN(C)CCNC(=O)C1CSc2nc(C(C)(C)C)cc(=O)n2C1. The molecule has 6 nitrogen and oxygen atoms in total. The van der Waals surface area contributed by atoms with Crippen molar-refractivity contribution >= 4 is 17.7 Å². The first-order valence-corrected chi connectivity index (χ1v) is 8.84. The Bertz CT molecular complexity index is 634. The molecule has 0 fully saturated rings. The van der Waals surface area contributed by atoms with Gasteiger partial charge < -0.3 is 10.2 Å². The molecule has 1 aromatic rings. The molecule has 23 heavy (non-hydrogen) atoms. The number of fused-ring (bicyclic) bond motifs is 1. The molecule has 0 radical (unpaired) electrons. The molecule has 1 aromatic heterocycles. The number of rotatable bonds is 4. The minimum atomic E-state index is -0.186. The quantitative estimate of drug-likeness (QED) is 0.828. The number of likely N-dealkylation sites (N-methyl/N-ethyl adjacent to an activating group) is 1. The molecule has 0 saturated carbocycles. The highest BCUT2D eigenvalue weighted by molar-refractivity contribution is 7.99. The van der Waals surface area contributed by atoms with Gasteiger partial charge in [-0.2, -0.15) is 0 Å². The molecular formula is C16H26N4O2S. The van der Waals surface area contributed by atoms with Crippen molar-refractivity contribution in [2.45, 2.75) is 37.9 Å². The first-order chi connectivity index (χ1) is 10.7. The second kappa shape index (κ2) is 7.05. The van der Waals surface area contributed by atoms with Crippen LogP contribution in [-0.4, -0.2) is 53.3 Å². The molecule has 2 rings (SSSR count). The molecule has 2 heterocycles. The van der Waals surface area contributed by atoms with E-state index < -0.39 is 0 Å². The summed E-state index contributed by atoms with van der Waals surface area (Å²) in [5.41, 5.74) is 0.573. The monoisotopic (exact) mass is 338 g/mol. The van der Waals surface area contributed by atoms with Crippen molar-refractivity contribution in [3.63, 3.8) is 0 Å². The fourth-order valence-corrected chi connectivity index (χ4v) is 3.39. The predicted molar refractivity (Wildman–Crippen MR) is 93.0 cm³/mol. The van der Waals surface area contributed by atoms with Crippen molar-refractivity contribution in [1.82, 2.24) is 19.8 Å². The number of hydrogen-bond donors (Lipinski definition) is 1. The van der Waals surface area contributed by atoms with Gasteiger partial charge >= 0.3 is 0 Å². The number of carbonyl (C=O) groups is 1. The summed E-state index contributed by atoms with van der Waals surface area (Å²) in [4.78, 5) is 31.3. The Hall–Kier alpha value is -1.34. The van der Waals surface area contributed by atoms with Crippen LogP contribution in [0.25, 0.3) is 0 Å². The molecule has 1 unspecified atom stereocenters. The van der Waals surface area contributed by atoms with Crippen LogP contribution in [0.15, 0.2) is 16.0 Å².